The van der Waals surface area contributed by atoms with Crippen LogP contribution in [0.4, 0.5) is 0 Å². The molecule has 0 heterocycles. The van der Waals surface area contributed by atoms with Gasteiger partial charge in [0.25, 0.3) is 0 Å². The molecule has 0 spiro atoms. The van der Waals surface area contributed by atoms with E-state index >= 15 is 0 Å². The molecule has 0 aromatic rings. The summed E-state index contributed by atoms with van der Waals surface area (Å²) in [5, 5.41) is 0. The maximum atomic E-state index is 12.8. The Balaban J connectivity index is 2.98. The monoisotopic (exact) mass is 352 g/mol. The molecular formula is C21H36O4. The maximum Gasteiger partial charge on any atom is 0.334 e. The van der Waals surface area contributed by atoms with E-state index in [2.05, 4.69) is 13.8 Å². The molecular weight excluding hydrogens is 316 g/mol. The third kappa shape index (κ3) is 7.62. The maximum absolute atomic E-state index is 12.8. The van der Waals surface area contributed by atoms with Crippen LogP contribution in [0.5, 0.6) is 0 Å². The van der Waals surface area contributed by atoms with Crippen molar-refractivity contribution < 1.29 is 19.1 Å². The van der Waals surface area contributed by atoms with Crippen LogP contribution >= 0.6 is 0 Å². The Bertz CT molecular complexity index is 431. The Hall–Kier alpha value is -1.32. The summed E-state index contributed by atoms with van der Waals surface area (Å²) >= 11 is 0. The lowest BCUT2D eigenvalue weighted by atomic mass is 9.83. The topological polar surface area (TPSA) is 52.6 Å². The molecule has 25 heavy (non-hydrogen) atoms. The quantitative estimate of drug-likeness (QED) is 0.286. The molecule has 0 radical (unpaired) electrons. The molecule has 4 heteroatoms. The van der Waals surface area contributed by atoms with Gasteiger partial charge in [0.15, 0.2) is 0 Å². The van der Waals surface area contributed by atoms with Gasteiger partial charge in [-0.15, -0.1) is 0 Å². The lowest BCUT2D eigenvalue weighted by Gasteiger charge is -2.24. The van der Waals surface area contributed by atoms with E-state index in [0.29, 0.717) is 25.2 Å². The molecule has 144 valence electrons. The van der Waals surface area contributed by atoms with E-state index in [1.165, 1.54) is 6.42 Å². The van der Waals surface area contributed by atoms with Crippen LogP contribution in [0, 0.1) is 5.92 Å². The number of hydrogen-bond donors (Lipinski definition) is 0. The fraction of sp³-hybridized carbons (Fsp3) is 0.810. The molecule has 1 fully saturated rings. The highest BCUT2D eigenvalue weighted by molar-refractivity contribution is 5.96. The Labute approximate surface area is 153 Å². The predicted molar refractivity (Wildman–Crippen MR) is 100 cm³/mol. The van der Waals surface area contributed by atoms with E-state index in [4.69, 9.17) is 9.47 Å². The lowest BCUT2D eigenvalue weighted by Crippen LogP contribution is -2.27. The molecule has 1 saturated carbocycles. The first kappa shape index (κ1) is 21.7. The second kappa shape index (κ2) is 13.0. The molecule has 1 aliphatic rings. The zero-order valence-electron chi connectivity index (χ0n) is 16.4. The average molecular weight is 353 g/mol. The minimum atomic E-state index is -0.468. The number of rotatable bonds is 11. The van der Waals surface area contributed by atoms with Gasteiger partial charge < -0.3 is 9.47 Å². The van der Waals surface area contributed by atoms with Gasteiger partial charge in [-0.25, -0.2) is 4.79 Å². The normalized spacial score (nSPS) is 15.6. The summed E-state index contributed by atoms with van der Waals surface area (Å²) in [7, 11) is 0. The van der Waals surface area contributed by atoms with Gasteiger partial charge in [-0.05, 0) is 44.9 Å². The van der Waals surface area contributed by atoms with Crippen molar-refractivity contribution in [1.29, 1.82) is 0 Å². The van der Waals surface area contributed by atoms with Crippen molar-refractivity contribution in [2.24, 2.45) is 5.92 Å². The number of ether oxygens (including phenoxy) is 2. The molecule has 0 aromatic heterocycles. The highest BCUT2D eigenvalue weighted by Gasteiger charge is 2.32. The van der Waals surface area contributed by atoms with Gasteiger partial charge in [-0.2, -0.15) is 0 Å². The fourth-order valence-corrected chi connectivity index (χ4v) is 3.25. The largest absolute Gasteiger partial charge is 0.465 e. The SMILES string of the molecule is CCCCOC(=O)C(=C1CCCCC1)C(CCC)C(=O)OCCCC. The van der Waals surface area contributed by atoms with Crippen molar-refractivity contribution in [3.8, 4) is 0 Å². The van der Waals surface area contributed by atoms with Crippen LogP contribution in [0.25, 0.3) is 0 Å². The van der Waals surface area contributed by atoms with Gasteiger partial charge in [0.1, 0.15) is 0 Å². The highest BCUT2D eigenvalue weighted by atomic mass is 16.5. The van der Waals surface area contributed by atoms with Crippen molar-refractivity contribution in [1.82, 2.24) is 0 Å². The minimum Gasteiger partial charge on any atom is -0.465 e. The van der Waals surface area contributed by atoms with Crippen LogP contribution in [-0.2, 0) is 19.1 Å². The van der Waals surface area contributed by atoms with Gasteiger partial charge >= 0.3 is 11.9 Å². The van der Waals surface area contributed by atoms with Gasteiger partial charge in [-0.3, -0.25) is 4.79 Å². The molecule has 0 N–H and O–H groups in total. The van der Waals surface area contributed by atoms with Crippen LogP contribution in [-0.4, -0.2) is 25.2 Å². The summed E-state index contributed by atoms with van der Waals surface area (Å²) in [6, 6.07) is 0. The molecule has 0 aromatic carbocycles. The third-order valence-corrected chi connectivity index (χ3v) is 4.74. The van der Waals surface area contributed by atoms with Gasteiger partial charge in [0, 0.05) is 0 Å². The van der Waals surface area contributed by atoms with Crippen LogP contribution in [0.1, 0.15) is 91.4 Å². The summed E-state index contributed by atoms with van der Waals surface area (Å²) in [6.07, 6.45) is 10.3. The number of carbonyl (C=O) groups excluding carboxylic acids is 2. The molecule has 0 amide bonds. The van der Waals surface area contributed by atoms with Crippen LogP contribution < -0.4 is 0 Å². The summed E-state index contributed by atoms with van der Waals surface area (Å²) in [4.78, 5) is 25.4. The number of hydrogen-bond acceptors (Lipinski definition) is 4. The van der Waals surface area contributed by atoms with Crippen molar-refractivity contribution in [2.75, 3.05) is 13.2 Å². The van der Waals surface area contributed by atoms with Gasteiger partial charge in [0.05, 0.1) is 24.7 Å². The Kier molecular flexibility index (Phi) is 11.3. The van der Waals surface area contributed by atoms with E-state index in [-0.39, 0.29) is 11.9 Å². The molecule has 1 unspecified atom stereocenters. The summed E-state index contributed by atoms with van der Waals surface area (Å²) < 4.78 is 11.0. The Morgan fingerprint density at radius 1 is 0.880 bits per heavy atom. The zero-order chi connectivity index (χ0) is 18.5. The van der Waals surface area contributed by atoms with Crippen molar-refractivity contribution in [3.05, 3.63) is 11.1 Å². The average Bonchev–Trinajstić information content (AvgIpc) is 2.62. The number of carbonyl (C=O) groups is 2. The third-order valence-electron chi connectivity index (χ3n) is 4.74. The molecule has 0 bridgehead atoms. The van der Waals surface area contributed by atoms with E-state index in [1.807, 2.05) is 6.92 Å². The fourth-order valence-electron chi connectivity index (χ4n) is 3.25. The smallest absolute Gasteiger partial charge is 0.334 e. The van der Waals surface area contributed by atoms with E-state index in [9.17, 15) is 9.59 Å². The Morgan fingerprint density at radius 3 is 2.04 bits per heavy atom. The summed E-state index contributed by atoms with van der Waals surface area (Å²) in [5.74, 6) is -1.02. The van der Waals surface area contributed by atoms with Crippen molar-refractivity contribution in [3.63, 3.8) is 0 Å². The molecule has 1 rings (SSSR count). The van der Waals surface area contributed by atoms with Crippen LogP contribution in [0.3, 0.4) is 0 Å². The lowest BCUT2D eigenvalue weighted by molar-refractivity contribution is -0.151. The van der Waals surface area contributed by atoms with Gasteiger partial charge in [-0.1, -0.05) is 52.0 Å². The van der Waals surface area contributed by atoms with Crippen LogP contribution in [0.2, 0.25) is 0 Å². The molecule has 0 aliphatic heterocycles. The highest BCUT2D eigenvalue weighted by Crippen LogP contribution is 2.32. The standard InChI is InChI=1S/C21H36O4/c1-4-7-15-24-20(22)18(12-6-3)19(17-13-10-9-11-14-17)21(23)25-16-8-5-2/h18H,4-16H2,1-3H3. The number of allylic oxidation sites excluding steroid dienone is 1. The number of unbranched alkanes of at least 4 members (excludes halogenated alkanes) is 2. The van der Waals surface area contributed by atoms with E-state index in [0.717, 1.165) is 63.4 Å². The molecule has 1 aliphatic carbocycles. The first-order valence-corrected chi connectivity index (χ1v) is 10.2. The molecule has 4 nitrogen and oxygen atoms in total. The first-order valence-electron chi connectivity index (χ1n) is 10.2. The second-order valence-corrected chi connectivity index (χ2v) is 6.93. The molecule has 1 atom stereocenters. The van der Waals surface area contributed by atoms with Crippen LogP contribution in [0.15, 0.2) is 11.1 Å². The predicted octanol–water partition coefficient (Wildman–Crippen LogP) is 5.35. The van der Waals surface area contributed by atoms with E-state index in [1.54, 1.807) is 0 Å². The second-order valence-electron chi connectivity index (χ2n) is 6.93. The minimum absolute atomic E-state index is 0.254. The Morgan fingerprint density at radius 2 is 1.48 bits per heavy atom. The number of esters is 2. The van der Waals surface area contributed by atoms with Gasteiger partial charge in [0.2, 0.25) is 0 Å². The molecule has 0 saturated heterocycles. The van der Waals surface area contributed by atoms with E-state index < -0.39 is 5.92 Å². The zero-order valence-corrected chi connectivity index (χ0v) is 16.4. The van der Waals surface area contributed by atoms with Crippen molar-refractivity contribution >= 4 is 11.9 Å². The first-order chi connectivity index (χ1) is 12.2. The summed E-state index contributed by atoms with van der Waals surface area (Å²) in [6.45, 7) is 7.04. The summed E-state index contributed by atoms with van der Waals surface area (Å²) in [5.41, 5.74) is 1.73. The van der Waals surface area contributed by atoms with Crippen molar-refractivity contribution in [2.45, 2.75) is 91.4 Å².